The summed E-state index contributed by atoms with van der Waals surface area (Å²) in [5.74, 6) is -1.56. The molecule has 2 atom stereocenters. The van der Waals surface area contributed by atoms with Crippen LogP contribution in [-0.2, 0) is 14.3 Å². The number of nitrogens with one attached hydrogen (secondary N) is 1. The van der Waals surface area contributed by atoms with E-state index in [1.807, 2.05) is 13.0 Å². The minimum absolute atomic E-state index is 0.115. The quantitative estimate of drug-likeness (QED) is 0.680. The third kappa shape index (κ3) is 3.29. The number of rotatable bonds is 3. The summed E-state index contributed by atoms with van der Waals surface area (Å²) in [4.78, 5) is 23.6. The number of carbonyl (C=O) groups is 2. The Kier molecular flexibility index (Phi) is 4.39. The number of carbonyl (C=O) groups excluding carboxylic acids is 2. The molecular formula is C16H16N2O3. The van der Waals surface area contributed by atoms with Gasteiger partial charge in [0.15, 0.2) is 5.78 Å². The van der Waals surface area contributed by atoms with E-state index in [4.69, 9.17) is 5.26 Å². The van der Waals surface area contributed by atoms with Crippen molar-refractivity contribution >= 4 is 17.4 Å². The summed E-state index contributed by atoms with van der Waals surface area (Å²) in [6.07, 6.45) is 2.05. The molecule has 5 heteroatoms. The van der Waals surface area contributed by atoms with E-state index in [2.05, 4.69) is 10.1 Å². The van der Waals surface area contributed by atoms with Crippen LogP contribution in [0.4, 0.5) is 5.69 Å². The van der Waals surface area contributed by atoms with Gasteiger partial charge in [0.1, 0.15) is 5.92 Å². The lowest BCUT2D eigenvalue weighted by Crippen LogP contribution is -2.34. The summed E-state index contributed by atoms with van der Waals surface area (Å²) in [5.41, 5.74) is 2.14. The molecule has 0 bridgehead atoms. The van der Waals surface area contributed by atoms with Crippen molar-refractivity contribution in [1.29, 1.82) is 5.26 Å². The first-order valence-electron chi connectivity index (χ1n) is 6.64. The Morgan fingerprint density at radius 2 is 2.05 bits per heavy atom. The highest BCUT2D eigenvalue weighted by Gasteiger charge is 2.35. The lowest BCUT2D eigenvalue weighted by Gasteiger charge is -2.26. The maximum Gasteiger partial charge on any atom is 0.316 e. The van der Waals surface area contributed by atoms with Gasteiger partial charge in [-0.3, -0.25) is 9.59 Å². The maximum atomic E-state index is 12.0. The van der Waals surface area contributed by atoms with Crippen LogP contribution in [0.3, 0.4) is 0 Å². The number of hydrogen-bond donors (Lipinski definition) is 1. The fourth-order valence-electron chi connectivity index (χ4n) is 2.44. The maximum absolute atomic E-state index is 12.0. The molecule has 0 radical (unpaired) electrons. The summed E-state index contributed by atoms with van der Waals surface area (Å²) >= 11 is 0. The molecule has 0 saturated carbocycles. The monoisotopic (exact) mass is 284 g/mol. The number of benzene rings is 1. The summed E-state index contributed by atoms with van der Waals surface area (Å²) in [5, 5.41) is 11.9. The molecule has 1 N–H and O–H groups in total. The number of ether oxygens (including phenoxy) is 1. The van der Waals surface area contributed by atoms with E-state index < -0.39 is 11.9 Å². The molecule has 0 unspecified atom stereocenters. The zero-order valence-corrected chi connectivity index (χ0v) is 11.9. The van der Waals surface area contributed by atoms with Crippen molar-refractivity contribution in [1.82, 2.24) is 0 Å². The van der Waals surface area contributed by atoms with Gasteiger partial charge in [0.25, 0.3) is 0 Å². The van der Waals surface area contributed by atoms with Crippen LogP contribution in [0.5, 0.6) is 0 Å². The largest absolute Gasteiger partial charge is 0.468 e. The van der Waals surface area contributed by atoms with Crippen LogP contribution >= 0.6 is 0 Å². The van der Waals surface area contributed by atoms with Crippen LogP contribution in [0.1, 0.15) is 18.9 Å². The minimum atomic E-state index is -0.721. The first kappa shape index (κ1) is 14.8. The molecule has 108 valence electrons. The first-order chi connectivity index (χ1) is 10.0. The molecule has 1 aromatic carbocycles. The molecule has 0 amide bonds. The van der Waals surface area contributed by atoms with Gasteiger partial charge in [0.2, 0.25) is 0 Å². The van der Waals surface area contributed by atoms with Gasteiger partial charge in [-0.05, 0) is 36.6 Å². The Labute approximate surface area is 123 Å². The predicted octanol–water partition coefficient (Wildman–Crippen LogP) is 2.25. The minimum Gasteiger partial charge on any atom is -0.468 e. The molecule has 0 saturated heterocycles. The molecular weight excluding hydrogens is 268 g/mol. The van der Waals surface area contributed by atoms with E-state index in [9.17, 15) is 9.59 Å². The van der Waals surface area contributed by atoms with Gasteiger partial charge in [0, 0.05) is 17.5 Å². The van der Waals surface area contributed by atoms with E-state index in [0.29, 0.717) is 12.0 Å². The molecule has 5 nitrogen and oxygen atoms in total. The first-order valence-corrected chi connectivity index (χ1v) is 6.64. The molecule has 2 rings (SSSR count). The van der Waals surface area contributed by atoms with E-state index in [0.717, 1.165) is 11.4 Å². The standard InChI is InChI=1S/C16H16N2O3/c1-10-7-13(8-14(19)15(10)16(20)21-2)18-12-5-3-11(9-17)4-6-12/h3-6,8,10,15,18H,7H2,1-2H3/t10-,15+/m1/s1. The van der Waals surface area contributed by atoms with Gasteiger partial charge in [-0.15, -0.1) is 0 Å². The van der Waals surface area contributed by atoms with Gasteiger partial charge in [-0.1, -0.05) is 6.92 Å². The topological polar surface area (TPSA) is 79.2 Å². The molecule has 0 spiro atoms. The Bertz CT molecular complexity index is 626. The van der Waals surface area contributed by atoms with Crippen molar-refractivity contribution in [3.05, 3.63) is 41.6 Å². The lowest BCUT2D eigenvalue weighted by molar-refractivity contribution is -0.150. The number of allylic oxidation sites excluding steroid dienone is 2. The summed E-state index contributed by atoms with van der Waals surface area (Å²) in [6, 6.07) is 9.01. The van der Waals surface area contributed by atoms with Crippen molar-refractivity contribution in [3.63, 3.8) is 0 Å². The summed E-state index contributed by atoms with van der Waals surface area (Å²) < 4.78 is 4.67. The van der Waals surface area contributed by atoms with E-state index >= 15 is 0 Å². The number of nitriles is 1. The fourth-order valence-corrected chi connectivity index (χ4v) is 2.44. The van der Waals surface area contributed by atoms with Gasteiger partial charge < -0.3 is 10.1 Å². The highest BCUT2D eigenvalue weighted by atomic mass is 16.5. The van der Waals surface area contributed by atoms with Crippen LogP contribution in [0.15, 0.2) is 36.0 Å². The second-order valence-corrected chi connectivity index (χ2v) is 5.07. The van der Waals surface area contributed by atoms with Crippen LogP contribution in [0.25, 0.3) is 0 Å². The second kappa shape index (κ2) is 6.23. The molecule has 0 aromatic heterocycles. The van der Waals surface area contributed by atoms with Crippen molar-refractivity contribution in [2.24, 2.45) is 11.8 Å². The fraction of sp³-hybridized carbons (Fsp3) is 0.312. The Morgan fingerprint density at radius 1 is 1.38 bits per heavy atom. The number of methoxy groups -OCH3 is 1. The van der Waals surface area contributed by atoms with Gasteiger partial charge >= 0.3 is 5.97 Å². The van der Waals surface area contributed by atoms with Crippen molar-refractivity contribution < 1.29 is 14.3 Å². The van der Waals surface area contributed by atoms with E-state index in [-0.39, 0.29) is 11.7 Å². The molecule has 0 fully saturated rings. The highest BCUT2D eigenvalue weighted by Crippen LogP contribution is 2.28. The molecule has 0 aliphatic heterocycles. The van der Waals surface area contributed by atoms with Gasteiger partial charge in [-0.25, -0.2) is 0 Å². The molecule has 1 aliphatic rings. The van der Waals surface area contributed by atoms with Crippen LogP contribution < -0.4 is 5.32 Å². The lowest BCUT2D eigenvalue weighted by atomic mass is 9.82. The van der Waals surface area contributed by atoms with Crippen LogP contribution in [-0.4, -0.2) is 18.9 Å². The van der Waals surface area contributed by atoms with Crippen molar-refractivity contribution in [3.8, 4) is 6.07 Å². The molecule has 0 heterocycles. The van der Waals surface area contributed by atoms with Crippen LogP contribution in [0.2, 0.25) is 0 Å². The van der Waals surface area contributed by atoms with Crippen LogP contribution in [0, 0.1) is 23.2 Å². The van der Waals surface area contributed by atoms with E-state index in [1.165, 1.54) is 13.2 Å². The number of nitrogens with zero attached hydrogens (tertiary/aromatic N) is 1. The Hall–Kier alpha value is -2.61. The third-order valence-electron chi connectivity index (χ3n) is 3.51. The number of ketones is 1. The highest BCUT2D eigenvalue weighted by molar-refractivity contribution is 6.06. The van der Waals surface area contributed by atoms with Crippen molar-refractivity contribution in [2.45, 2.75) is 13.3 Å². The summed E-state index contributed by atoms with van der Waals surface area (Å²) in [7, 11) is 1.29. The zero-order chi connectivity index (χ0) is 15.4. The van der Waals surface area contributed by atoms with E-state index in [1.54, 1.807) is 24.3 Å². The second-order valence-electron chi connectivity index (χ2n) is 5.07. The number of esters is 1. The molecule has 1 aromatic rings. The van der Waals surface area contributed by atoms with Gasteiger partial charge in [0.05, 0.1) is 18.7 Å². The molecule has 21 heavy (non-hydrogen) atoms. The zero-order valence-electron chi connectivity index (χ0n) is 11.9. The average molecular weight is 284 g/mol. The number of anilines is 1. The normalized spacial score (nSPS) is 21.2. The SMILES string of the molecule is COC(=O)[C@@H]1C(=O)C=C(Nc2ccc(C#N)cc2)C[C@H]1C. The Balaban J connectivity index is 2.13. The van der Waals surface area contributed by atoms with Crippen molar-refractivity contribution in [2.75, 3.05) is 12.4 Å². The Morgan fingerprint density at radius 3 is 2.57 bits per heavy atom. The summed E-state index contributed by atoms with van der Waals surface area (Å²) in [6.45, 7) is 1.85. The molecule has 1 aliphatic carbocycles. The average Bonchev–Trinajstić information content (AvgIpc) is 2.47. The number of hydrogen-bond acceptors (Lipinski definition) is 5. The smallest absolute Gasteiger partial charge is 0.316 e. The van der Waals surface area contributed by atoms with Gasteiger partial charge in [-0.2, -0.15) is 5.26 Å². The predicted molar refractivity (Wildman–Crippen MR) is 77.2 cm³/mol. The third-order valence-corrected chi connectivity index (χ3v) is 3.51.